The summed E-state index contributed by atoms with van der Waals surface area (Å²) in [6.45, 7) is 8.57. The van der Waals surface area contributed by atoms with Crippen LogP contribution in [0.25, 0.3) is 10.8 Å². The third kappa shape index (κ3) is 8.17. The van der Waals surface area contributed by atoms with Gasteiger partial charge in [0.2, 0.25) is 5.91 Å². The van der Waals surface area contributed by atoms with Crippen molar-refractivity contribution in [3.63, 3.8) is 0 Å². The van der Waals surface area contributed by atoms with E-state index in [4.69, 9.17) is 14.5 Å². The Morgan fingerprint density at radius 3 is 2.65 bits per heavy atom. The van der Waals surface area contributed by atoms with Crippen LogP contribution in [0.1, 0.15) is 88.0 Å². The molecule has 1 saturated heterocycles. The van der Waals surface area contributed by atoms with Crippen LogP contribution in [0, 0.1) is 0 Å². The second kappa shape index (κ2) is 13.9. The second-order valence-electron chi connectivity index (χ2n) is 13.2. The normalized spacial score (nSPS) is 17.9. The van der Waals surface area contributed by atoms with E-state index < -0.39 is 11.7 Å². The Bertz CT molecular complexity index is 1410. The lowest BCUT2D eigenvalue weighted by atomic mass is 9.95. The number of alkyl carbamates (subject to hydrolysis) is 1. The molecule has 43 heavy (non-hydrogen) atoms. The second-order valence-corrected chi connectivity index (χ2v) is 13.2. The maximum atomic E-state index is 13.8. The summed E-state index contributed by atoms with van der Waals surface area (Å²) in [4.78, 5) is 33.8. The van der Waals surface area contributed by atoms with Gasteiger partial charge in [0.15, 0.2) is 0 Å². The lowest BCUT2D eigenvalue weighted by Crippen LogP contribution is -2.46. The number of nitrogens with one attached hydrogen (secondary N) is 1. The molecule has 5 rings (SSSR count). The minimum atomic E-state index is -0.619. The molecule has 0 spiro atoms. The number of carbonyl (C=O) groups is 2. The van der Waals surface area contributed by atoms with Crippen LogP contribution in [0.5, 0.6) is 0 Å². The van der Waals surface area contributed by atoms with Gasteiger partial charge in [0, 0.05) is 57.4 Å². The summed E-state index contributed by atoms with van der Waals surface area (Å²) >= 11 is 0. The SMILES string of the molecule is COCCCn1c([C@@H]2CCCN(C(=O)C[C@@H](Cc3ccc4ccccc4c3)NC(=O)OC(C)(C)C)C2)nc2c1CCCC2. The van der Waals surface area contributed by atoms with Gasteiger partial charge in [0.25, 0.3) is 0 Å². The molecule has 8 nitrogen and oxygen atoms in total. The predicted octanol–water partition coefficient (Wildman–Crippen LogP) is 6.18. The highest BCUT2D eigenvalue weighted by molar-refractivity contribution is 5.83. The van der Waals surface area contributed by atoms with E-state index in [1.54, 1.807) is 7.11 Å². The Morgan fingerprint density at radius 2 is 1.86 bits per heavy atom. The van der Waals surface area contributed by atoms with Crippen molar-refractivity contribution in [3.8, 4) is 0 Å². The van der Waals surface area contributed by atoms with Crippen molar-refractivity contribution in [2.45, 2.75) is 103 Å². The number of piperidine rings is 1. The Kier molecular flexibility index (Phi) is 10.1. The standard InChI is InChI=1S/C35H48N4O4/c1-35(2,3)43-34(41)36-29(22-25-16-17-26-11-5-6-12-27(26)21-25)23-32(40)38-18-9-13-28(24-38)33-37-30-14-7-8-15-31(30)39(33)19-10-20-42-4/h5-6,11-12,16-17,21,28-29H,7-10,13-15,18-20,22-24H2,1-4H3,(H,36,41)/t28-,29-/m1/s1. The first-order valence-corrected chi connectivity index (χ1v) is 16.0. The molecule has 2 aromatic carbocycles. The van der Waals surface area contributed by atoms with Crippen LogP contribution < -0.4 is 5.32 Å². The quantitative estimate of drug-likeness (QED) is 0.286. The van der Waals surface area contributed by atoms with Crippen molar-refractivity contribution in [1.82, 2.24) is 19.8 Å². The molecule has 0 radical (unpaired) electrons. The number of benzene rings is 2. The molecule has 2 amide bonds. The van der Waals surface area contributed by atoms with E-state index in [0.29, 0.717) is 13.0 Å². The van der Waals surface area contributed by atoms with E-state index >= 15 is 0 Å². The summed E-state index contributed by atoms with van der Waals surface area (Å²) in [5, 5.41) is 5.33. The van der Waals surface area contributed by atoms with Crippen molar-refractivity contribution in [2.75, 3.05) is 26.8 Å². The zero-order valence-electron chi connectivity index (χ0n) is 26.4. The first-order chi connectivity index (χ1) is 20.7. The fourth-order valence-electron chi connectivity index (χ4n) is 6.60. The van der Waals surface area contributed by atoms with Gasteiger partial charge >= 0.3 is 6.09 Å². The van der Waals surface area contributed by atoms with Gasteiger partial charge < -0.3 is 24.3 Å². The van der Waals surface area contributed by atoms with Gasteiger partial charge in [-0.25, -0.2) is 9.78 Å². The van der Waals surface area contributed by atoms with Crippen LogP contribution in [0.2, 0.25) is 0 Å². The molecule has 1 aromatic heterocycles. The molecule has 2 heterocycles. The summed E-state index contributed by atoms with van der Waals surface area (Å²) in [5.74, 6) is 1.41. The first kappa shape index (κ1) is 31.0. The minimum Gasteiger partial charge on any atom is -0.444 e. The molecular weight excluding hydrogens is 540 g/mol. The highest BCUT2D eigenvalue weighted by Crippen LogP contribution is 2.32. The Hall–Kier alpha value is -3.39. The van der Waals surface area contributed by atoms with Gasteiger partial charge in [0.1, 0.15) is 11.4 Å². The molecule has 2 aliphatic rings. The maximum Gasteiger partial charge on any atom is 0.407 e. The summed E-state index contributed by atoms with van der Waals surface area (Å²) in [5.41, 5.74) is 3.09. The molecular formula is C35H48N4O4. The largest absolute Gasteiger partial charge is 0.444 e. The van der Waals surface area contributed by atoms with Gasteiger partial charge in [-0.3, -0.25) is 4.79 Å². The monoisotopic (exact) mass is 588 g/mol. The number of methoxy groups -OCH3 is 1. The summed E-state index contributed by atoms with van der Waals surface area (Å²) in [6.07, 6.45) is 7.73. The summed E-state index contributed by atoms with van der Waals surface area (Å²) in [7, 11) is 1.75. The van der Waals surface area contributed by atoms with Crippen molar-refractivity contribution in [3.05, 3.63) is 65.2 Å². The van der Waals surface area contributed by atoms with E-state index in [9.17, 15) is 9.59 Å². The van der Waals surface area contributed by atoms with Gasteiger partial charge in [0.05, 0.1) is 5.69 Å². The fourth-order valence-corrected chi connectivity index (χ4v) is 6.60. The number of aromatic nitrogens is 2. The highest BCUT2D eigenvalue weighted by Gasteiger charge is 2.32. The number of likely N-dealkylation sites (tertiary alicyclic amines) is 1. The van der Waals surface area contributed by atoms with Gasteiger partial charge in [-0.1, -0.05) is 42.5 Å². The molecule has 232 valence electrons. The molecule has 8 heteroatoms. The molecule has 3 aromatic rings. The van der Waals surface area contributed by atoms with Crippen molar-refractivity contribution in [1.29, 1.82) is 0 Å². The summed E-state index contributed by atoms with van der Waals surface area (Å²) < 4.78 is 13.4. The van der Waals surface area contributed by atoms with Gasteiger partial charge in [-0.15, -0.1) is 0 Å². The number of ether oxygens (including phenoxy) is 2. The number of fused-ring (bicyclic) bond motifs is 2. The number of rotatable bonds is 10. The lowest BCUT2D eigenvalue weighted by molar-refractivity contribution is -0.133. The average Bonchev–Trinajstić information content (AvgIpc) is 3.35. The Labute approximate surface area is 256 Å². The minimum absolute atomic E-state index is 0.0637. The number of hydrogen-bond donors (Lipinski definition) is 1. The molecule has 1 fully saturated rings. The van der Waals surface area contributed by atoms with Crippen molar-refractivity contribution >= 4 is 22.8 Å². The van der Waals surface area contributed by atoms with Crippen LogP contribution in [-0.4, -0.2) is 64.9 Å². The van der Waals surface area contributed by atoms with Crippen LogP contribution in [-0.2, 0) is 40.1 Å². The van der Waals surface area contributed by atoms with Gasteiger partial charge in [-0.2, -0.15) is 0 Å². The molecule has 2 atom stereocenters. The Balaban J connectivity index is 1.31. The molecule has 0 saturated carbocycles. The number of amides is 2. The van der Waals surface area contributed by atoms with Crippen LogP contribution in [0.15, 0.2) is 42.5 Å². The van der Waals surface area contributed by atoms with Gasteiger partial charge in [-0.05, 0) is 88.5 Å². The molecule has 1 aliphatic carbocycles. The smallest absolute Gasteiger partial charge is 0.407 e. The predicted molar refractivity (Wildman–Crippen MR) is 169 cm³/mol. The molecule has 1 aliphatic heterocycles. The number of carbonyl (C=O) groups excluding carboxylic acids is 2. The molecule has 0 bridgehead atoms. The maximum absolute atomic E-state index is 13.8. The number of imidazole rings is 1. The van der Waals surface area contributed by atoms with E-state index in [-0.39, 0.29) is 24.3 Å². The zero-order chi connectivity index (χ0) is 30.4. The fraction of sp³-hybridized carbons (Fsp3) is 0.571. The van der Waals surface area contributed by atoms with Crippen LogP contribution >= 0.6 is 0 Å². The van der Waals surface area contributed by atoms with Crippen LogP contribution in [0.3, 0.4) is 0 Å². The lowest BCUT2D eigenvalue weighted by Gasteiger charge is -2.34. The first-order valence-electron chi connectivity index (χ1n) is 16.0. The van der Waals surface area contributed by atoms with E-state index in [0.717, 1.165) is 68.6 Å². The molecule has 0 unspecified atom stereocenters. The third-order valence-electron chi connectivity index (χ3n) is 8.57. The van der Waals surface area contributed by atoms with Crippen LogP contribution in [0.4, 0.5) is 4.79 Å². The highest BCUT2D eigenvalue weighted by atomic mass is 16.6. The average molecular weight is 589 g/mol. The third-order valence-corrected chi connectivity index (χ3v) is 8.57. The van der Waals surface area contributed by atoms with E-state index in [1.165, 1.54) is 29.6 Å². The number of nitrogens with zero attached hydrogens (tertiary/aromatic N) is 3. The zero-order valence-corrected chi connectivity index (χ0v) is 26.4. The molecule has 1 N–H and O–H groups in total. The Morgan fingerprint density at radius 1 is 1.07 bits per heavy atom. The van der Waals surface area contributed by atoms with E-state index in [1.807, 2.05) is 37.8 Å². The summed E-state index contributed by atoms with van der Waals surface area (Å²) in [6, 6.07) is 14.2. The van der Waals surface area contributed by atoms with Crippen molar-refractivity contribution in [2.24, 2.45) is 0 Å². The number of aryl methyl sites for hydroxylation is 1. The topological polar surface area (TPSA) is 85.7 Å². The van der Waals surface area contributed by atoms with E-state index in [2.05, 4.69) is 40.2 Å². The number of hydrogen-bond acceptors (Lipinski definition) is 5. The van der Waals surface area contributed by atoms with Crippen molar-refractivity contribution < 1.29 is 19.1 Å².